The van der Waals surface area contributed by atoms with Gasteiger partial charge in [-0.05, 0) is 61.2 Å². The number of hydrogen-bond donors (Lipinski definition) is 1. The van der Waals surface area contributed by atoms with E-state index in [4.69, 9.17) is 16.1 Å². The second-order valence-electron chi connectivity index (χ2n) is 6.95. The number of aryl methyl sites for hydroxylation is 3. The second-order valence-corrected chi connectivity index (χ2v) is 8.48. The summed E-state index contributed by atoms with van der Waals surface area (Å²) in [4.78, 5) is 15.8. The lowest BCUT2D eigenvalue weighted by molar-refractivity contribution is -0.167. The fourth-order valence-electron chi connectivity index (χ4n) is 2.90. The summed E-state index contributed by atoms with van der Waals surface area (Å²) in [6, 6.07) is 10.2. The van der Waals surface area contributed by atoms with Gasteiger partial charge in [0, 0.05) is 10.7 Å². The molecule has 2 aromatic carbocycles. The smallest absolute Gasteiger partial charge is 0.338 e. The van der Waals surface area contributed by atoms with E-state index in [0.717, 1.165) is 16.7 Å². The molecule has 1 heterocycles. The number of thioether (sulfide) groups is 1. The summed E-state index contributed by atoms with van der Waals surface area (Å²) in [5.74, 6) is -0.858. The Labute approximate surface area is 186 Å². The number of aromatic nitrogens is 2. The van der Waals surface area contributed by atoms with E-state index in [2.05, 4.69) is 10.1 Å². The minimum Gasteiger partial charge on any atom is -0.338 e. The van der Waals surface area contributed by atoms with Crippen molar-refractivity contribution in [2.24, 2.45) is 0 Å². The van der Waals surface area contributed by atoms with Crippen LogP contribution >= 0.6 is 23.4 Å². The molecule has 3 rings (SSSR count). The summed E-state index contributed by atoms with van der Waals surface area (Å²) >= 11 is 7.55. The molecular weight excluding hydrogens is 451 g/mol. The van der Waals surface area contributed by atoms with Crippen LogP contribution in [-0.2, 0) is 10.5 Å². The molecule has 0 spiro atoms. The predicted molar refractivity (Wildman–Crippen MR) is 114 cm³/mol. The summed E-state index contributed by atoms with van der Waals surface area (Å²) in [5.41, 5.74) is 3.42. The lowest BCUT2D eigenvalue weighted by Gasteiger charge is -2.22. The van der Waals surface area contributed by atoms with E-state index in [9.17, 15) is 18.0 Å². The molecule has 0 saturated carbocycles. The van der Waals surface area contributed by atoms with Gasteiger partial charge in [-0.3, -0.25) is 4.79 Å². The average molecular weight is 470 g/mol. The molecule has 0 fully saturated rings. The highest BCUT2D eigenvalue weighted by Crippen LogP contribution is 2.42. The first-order valence-corrected chi connectivity index (χ1v) is 10.6. The normalized spacial score (nSPS) is 12.6. The van der Waals surface area contributed by atoms with Gasteiger partial charge in [0.05, 0.1) is 11.0 Å². The molecule has 0 radical (unpaired) electrons. The Kier molecular flexibility index (Phi) is 6.96. The zero-order valence-corrected chi connectivity index (χ0v) is 18.5. The van der Waals surface area contributed by atoms with E-state index in [1.54, 1.807) is 13.0 Å². The molecule has 1 aromatic heterocycles. The molecule has 1 N–H and O–H groups in total. The van der Waals surface area contributed by atoms with Gasteiger partial charge in [-0.15, -0.1) is 11.8 Å². The third kappa shape index (κ3) is 5.80. The molecule has 0 saturated heterocycles. The highest BCUT2D eigenvalue weighted by Gasteiger charge is 2.39. The lowest BCUT2D eigenvalue weighted by atomic mass is 9.98. The Morgan fingerprint density at radius 2 is 1.90 bits per heavy atom. The Hall–Kier alpha value is -2.52. The predicted octanol–water partition coefficient (Wildman–Crippen LogP) is 6.17. The number of nitrogens with one attached hydrogen (secondary N) is 1. The van der Waals surface area contributed by atoms with Crippen LogP contribution < -0.4 is 5.32 Å². The number of carbonyl (C=O) groups is 1. The van der Waals surface area contributed by atoms with Crippen molar-refractivity contribution in [2.75, 3.05) is 5.32 Å². The van der Waals surface area contributed by atoms with Crippen LogP contribution in [0.3, 0.4) is 0 Å². The zero-order valence-electron chi connectivity index (χ0n) is 16.9. The van der Waals surface area contributed by atoms with Crippen LogP contribution in [0.15, 0.2) is 40.9 Å². The summed E-state index contributed by atoms with van der Waals surface area (Å²) in [5, 5.41) is 5.62. The third-order valence-electron chi connectivity index (χ3n) is 4.58. The number of nitrogens with zero attached hydrogens (tertiary/aromatic N) is 2. The van der Waals surface area contributed by atoms with E-state index in [-0.39, 0.29) is 5.69 Å². The first-order chi connectivity index (χ1) is 14.5. The molecule has 1 amide bonds. The number of alkyl halides is 3. The van der Waals surface area contributed by atoms with Gasteiger partial charge in [0.2, 0.25) is 5.89 Å². The van der Waals surface area contributed by atoms with Gasteiger partial charge in [0.15, 0.2) is 5.82 Å². The minimum absolute atomic E-state index is 0.0316. The van der Waals surface area contributed by atoms with Crippen LogP contribution in [-0.4, -0.2) is 22.2 Å². The lowest BCUT2D eigenvalue weighted by Crippen LogP contribution is -2.30. The first-order valence-electron chi connectivity index (χ1n) is 9.20. The van der Waals surface area contributed by atoms with Crippen LogP contribution in [0.5, 0.6) is 0 Å². The molecule has 0 aliphatic carbocycles. The molecular formula is C21H19ClF3N3O2S. The van der Waals surface area contributed by atoms with E-state index in [1.807, 2.05) is 37.4 Å². The maximum absolute atomic E-state index is 12.9. The molecule has 0 aliphatic heterocycles. The molecule has 3 aromatic rings. The van der Waals surface area contributed by atoms with Crippen LogP contribution in [0.25, 0.3) is 0 Å². The molecule has 0 aliphatic rings. The molecule has 5 nitrogen and oxygen atoms in total. The largest absolute Gasteiger partial charge is 0.471 e. The number of amides is 1. The van der Waals surface area contributed by atoms with Crippen molar-refractivity contribution in [1.29, 1.82) is 0 Å². The Morgan fingerprint density at radius 1 is 1.16 bits per heavy atom. The topological polar surface area (TPSA) is 68.0 Å². The van der Waals surface area contributed by atoms with Crippen LogP contribution in [0.2, 0.25) is 5.02 Å². The van der Waals surface area contributed by atoms with Crippen LogP contribution in [0.1, 0.15) is 39.2 Å². The molecule has 1 unspecified atom stereocenters. The summed E-state index contributed by atoms with van der Waals surface area (Å²) in [6.07, 6.45) is -5.01. The molecule has 10 heteroatoms. The first kappa shape index (κ1) is 23.1. The number of carbonyl (C=O) groups excluding carboxylic acids is 1. The maximum atomic E-state index is 12.9. The summed E-state index contributed by atoms with van der Waals surface area (Å²) in [7, 11) is 0. The van der Waals surface area contributed by atoms with Crippen molar-refractivity contribution in [3.63, 3.8) is 0 Å². The molecule has 31 heavy (non-hydrogen) atoms. The van der Waals surface area contributed by atoms with Crippen molar-refractivity contribution in [3.8, 4) is 0 Å². The fraction of sp³-hybridized carbons (Fsp3) is 0.286. The highest BCUT2D eigenvalue weighted by atomic mass is 35.5. The van der Waals surface area contributed by atoms with Gasteiger partial charge in [-0.2, -0.15) is 18.2 Å². The second kappa shape index (κ2) is 9.32. The zero-order chi connectivity index (χ0) is 22.8. The molecule has 0 bridgehead atoms. The minimum atomic E-state index is -5.01. The third-order valence-corrected chi connectivity index (χ3v) is 6.09. The number of benzene rings is 2. The van der Waals surface area contributed by atoms with Crippen LogP contribution in [0.4, 0.5) is 18.9 Å². The van der Waals surface area contributed by atoms with Gasteiger partial charge in [-0.25, -0.2) is 0 Å². The van der Waals surface area contributed by atoms with Crippen molar-refractivity contribution in [2.45, 2.75) is 38.0 Å². The summed E-state index contributed by atoms with van der Waals surface area (Å²) in [6.45, 7) is 5.61. The van der Waals surface area contributed by atoms with E-state index in [1.165, 1.54) is 23.9 Å². The number of hydrogen-bond acceptors (Lipinski definition) is 5. The van der Waals surface area contributed by atoms with Gasteiger partial charge >= 0.3 is 12.1 Å². The van der Waals surface area contributed by atoms with Crippen LogP contribution in [0, 0.1) is 20.8 Å². The average Bonchev–Trinajstić information content (AvgIpc) is 3.11. The number of rotatable bonds is 6. The van der Waals surface area contributed by atoms with E-state index in [0.29, 0.717) is 28.1 Å². The highest BCUT2D eigenvalue weighted by molar-refractivity contribution is 7.98. The maximum Gasteiger partial charge on any atom is 0.471 e. The van der Waals surface area contributed by atoms with Gasteiger partial charge in [-0.1, -0.05) is 35.0 Å². The van der Waals surface area contributed by atoms with Gasteiger partial charge in [0.25, 0.3) is 0 Å². The van der Waals surface area contributed by atoms with Crippen molar-refractivity contribution in [1.82, 2.24) is 10.1 Å². The Balaban J connectivity index is 2.04. The Bertz CT molecular complexity index is 1100. The van der Waals surface area contributed by atoms with Gasteiger partial charge in [0.1, 0.15) is 0 Å². The molecule has 164 valence electrons. The fourth-order valence-corrected chi connectivity index (χ4v) is 4.22. The number of anilines is 1. The Morgan fingerprint density at radius 3 is 2.52 bits per heavy atom. The summed E-state index contributed by atoms with van der Waals surface area (Å²) < 4.78 is 43.8. The van der Waals surface area contributed by atoms with E-state index >= 15 is 0 Å². The SMILES string of the molecule is Cc1noc(CSC(c2ccc(C)c(C)c2)c2cc(Cl)ccc2NC(=O)C(F)(F)F)n1. The van der Waals surface area contributed by atoms with Crippen molar-refractivity contribution in [3.05, 3.63) is 75.4 Å². The molecule has 1 atom stereocenters. The van der Waals surface area contributed by atoms with E-state index < -0.39 is 17.3 Å². The van der Waals surface area contributed by atoms with Gasteiger partial charge < -0.3 is 9.84 Å². The number of halogens is 4. The van der Waals surface area contributed by atoms with Crippen molar-refractivity contribution >= 4 is 35.0 Å². The monoisotopic (exact) mass is 469 g/mol. The quantitative estimate of drug-likeness (QED) is 0.467. The standard InChI is InChI=1S/C21H19ClF3N3O2S/c1-11-4-5-14(8-12(11)2)19(31-10-18-26-13(3)28-30-18)16-9-15(22)6-7-17(16)27-20(29)21(23,24)25/h4-9,19H,10H2,1-3H3,(H,27,29). The van der Waals surface area contributed by atoms with Crippen molar-refractivity contribution < 1.29 is 22.5 Å².